The molecule has 1 heterocycles. The highest BCUT2D eigenvalue weighted by Gasteiger charge is 2.33. The Labute approximate surface area is 197 Å². The fraction of sp³-hybridized carbons (Fsp3) is 0.414. The molecule has 3 aromatic rings. The summed E-state index contributed by atoms with van der Waals surface area (Å²) in [5, 5.41) is 15.3. The molecular weight excluding hydrogens is 408 g/mol. The zero-order valence-electron chi connectivity index (χ0n) is 19.6. The van der Waals surface area contributed by atoms with Crippen LogP contribution in [0.2, 0.25) is 0 Å². The lowest BCUT2D eigenvalue weighted by Crippen LogP contribution is -2.30. The van der Waals surface area contributed by atoms with Crippen LogP contribution in [-0.4, -0.2) is 42.2 Å². The van der Waals surface area contributed by atoms with Gasteiger partial charge in [0.05, 0.1) is 0 Å². The molecule has 1 fully saturated rings. The Balaban J connectivity index is 1.39. The van der Waals surface area contributed by atoms with Gasteiger partial charge in [0.25, 0.3) is 0 Å². The zero-order valence-corrected chi connectivity index (χ0v) is 19.6. The lowest BCUT2D eigenvalue weighted by atomic mass is 9.88. The van der Waals surface area contributed by atoms with Gasteiger partial charge in [-0.25, -0.2) is 0 Å². The lowest BCUT2D eigenvalue weighted by molar-refractivity contribution is -0.137. The molecule has 174 valence electrons. The third-order valence-electron chi connectivity index (χ3n) is 7.09. The van der Waals surface area contributed by atoms with Crippen LogP contribution < -0.4 is 5.32 Å². The van der Waals surface area contributed by atoms with Crippen LogP contribution in [-0.2, 0) is 4.79 Å². The average molecular weight is 445 g/mol. The lowest BCUT2D eigenvalue weighted by Gasteiger charge is -2.23. The van der Waals surface area contributed by atoms with E-state index < -0.39 is 5.97 Å². The van der Waals surface area contributed by atoms with Gasteiger partial charge in [0, 0.05) is 38.0 Å². The molecule has 0 radical (unpaired) electrons. The number of aliphatic carboxylic acids is 1. The van der Waals surface area contributed by atoms with Crippen molar-refractivity contribution in [2.75, 3.05) is 26.2 Å². The van der Waals surface area contributed by atoms with Crippen molar-refractivity contribution in [3.8, 4) is 0 Å². The van der Waals surface area contributed by atoms with Crippen LogP contribution >= 0.6 is 0 Å². The highest BCUT2D eigenvalue weighted by Crippen LogP contribution is 2.33. The first-order valence-electron chi connectivity index (χ1n) is 12.3. The van der Waals surface area contributed by atoms with Crippen molar-refractivity contribution in [2.45, 2.75) is 44.6 Å². The van der Waals surface area contributed by atoms with Crippen LogP contribution in [0.3, 0.4) is 0 Å². The highest BCUT2D eigenvalue weighted by atomic mass is 16.4. The maximum absolute atomic E-state index is 10.7. The quantitative estimate of drug-likeness (QED) is 0.364. The van der Waals surface area contributed by atoms with Crippen molar-refractivity contribution in [2.24, 2.45) is 5.92 Å². The number of nitrogens with zero attached hydrogens (tertiary/aromatic N) is 1. The Hall–Kier alpha value is -2.69. The summed E-state index contributed by atoms with van der Waals surface area (Å²) in [7, 11) is 0. The van der Waals surface area contributed by atoms with Gasteiger partial charge in [-0.2, -0.15) is 0 Å². The normalized spacial score (nSPS) is 19.7. The number of carboxylic acid groups (broad SMARTS) is 1. The first kappa shape index (κ1) is 23.5. The molecule has 0 amide bonds. The van der Waals surface area contributed by atoms with E-state index in [1.165, 1.54) is 21.9 Å². The van der Waals surface area contributed by atoms with Crippen molar-refractivity contribution in [1.29, 1.82) is 0 Å². The van der Waals surface area contributed by atoms with E-state index in [4.69, 9.17) is 5.11 Å². The van der Waals surface area contributed by atoms with Crippen LogP contribution in [0, 0.1) is 5.92 Å². The maximum Gasteiger partial charge on any atom is 0.303 e. The summed E-state index contributed by atoms with van der Waals surface area (Å²) in [5.74, 6) is 0.396. The fourth-order valence-electron chi connectivity index (χ4n) is 5.28. The number of likely N-dealkylation sites (tertiary alicyclic amines) is 1. The molecule has 2 N–H and O–H groups in total. The molecule has 0 aliphatic carbocycles. The summed E-state index contributed by atoms with van der Waals surface area (Å²) >= 11 is 0. The van der Waals surface area contributed by atoms with Crippen molar-refractivity contribution in [3.63, 3.8) is 0 Å². The number of carbonyl (C=O) groups is 1. The predicted molar refractivity (Wildman–Crippen MR) is 136 cm³/mol. The number of carboxylic acids is 1. The van der Waals surface area contributed by atoms with Crippen LogP contribution in [0.1, 0.15) is 55.7 Å². The largest absolute Gasteiger partial charge is 0.481 e. The van der Waals surface area contributed by atoms with Gasteiger partial charge in [-0.15, -0.1) is 0 Å². The first-order chi connectivity index (χ1) is 16.1. The molecule has 0 unspecified atom stereocenters. The van der Waals surface area contributed by atoms with Crippen molar-refractivity contribution in [1.82, 2.24) is 10.2 Å². The summed E-state index contributed by atoms with van der Waals surface area (Å²) in [5.41, 5.74) is 2.79. The van der Waals surface area contributed by atoms with E-state index in [2.05, 4.69) is 89.9 Å². The smallest absolute Gasteiger partial charge is 0.303 e. The van der Waals surface area contributed by atoms with E-state index in [1.54, 1.807) is 0 Å². The van der Waals surface area contributed by atoms with Gasteiger partial charge in [0.1, 0.15) is 0 Å². The van der Waals surface area contributed by atoms with Crippen LogP contribution in [0.5, 0.6) is 0 Å². The third kappa shape index (κ3) is 6.21. The summed E-state index contributed by atoms with van der Waals surface area (Å²) in [6.45, 7) is 6.48. The van der Waals surface area contributed by atoms with Crippen molar-refractivity contribution in [3.05, 3.63) is 83.9 Å². The second-order valence-electron chi connectivity index (χ2n) is 9.44. The Kier molecular flexibility index (Phi) is 8.14. The Morgan fingerprint density at radius 2 is 1.73 bits per heavy atom. The summed E-state index contributed by atoms with van der Waals surface area (Å²) < 4.78 is 0. The number of hydrogen-bond acceptors (Lipinski definition) is 3. The Morgan fingerprint density at radius 3 is 2.55 bits per heavy atom. The standard InChI is InChI=1S/C29H36N2O2/c1-22(26-16-10-14-23-13-7-8-15-27(23)26)30-19-25-20-31(18-9-3-6-17-29(32)33)21-28(25)24-11-4-2-5-12-24/h2,4-5,7-8,10-16,22,25,28,30H,3,6,9,17-21H2,1H3,(H,32,33)/t22-,25-,28-/m1/s1. The molecular formula is C29H36N2O2. The van der Waals surface area contributed by atoms with Gasteiger partial charge in [-0.3, -0.25) is 4.79 Å². The topological polar surface area (TPSA) is 52.6 Å². The number of nitrogens with one attached hydrogen (secondary N) is 1. The summed E-state index contributed by atoms with van der Waals surface area (Å²) in [6.07, 6.45) is 3.12. The molecule has 3 aromatic carbocycles. The molecule has 4 rings (SSSR count). The van der Waals surface area contributed by atoms with Gasteiger partial charge in [0.15, 0.2) is 0 Å². The van der Waals surface area contributed by atoms with E-state index in [0.717, 1.165) is 45.4 Å². The number of unbranched alkanes of at least 4 members (excludes halogenated alkanes) is 2. The van der Waals surface area contributed by atoms with Gasteiger partial charge >= 0.3 is 5.97 Å². The van der Waals surface area contributed by atoms with Crippen molar-refractivity contribution >= 4 is 16.7 Å². The highest BCUT2D eigenvalue weighted by molar-refractivity contribution is 5.86. The first-order valence-corrected chi connectivity index (χ1v) is 12.3. The Morgan fingerprint density at radius 1 is 0.970 bits per heavy atom. The summed E-state index contributed by atoms with van der Waals surface area (Å²) in [4.78, 5) is 13.3. The number of benzene rings is 3. The summed E-state index contributed by atoms with van der Waals surface area (Å²) in [6, 6.07) is 26.4. The molecule has 0 bridgehead atoms. The molecule has 1 saturated heterocycles. The molecule has 0 spiro atoms. The van der Waals surface area contributed by atoms with Gasteiger partial charge < -0.3 is 15.3 Å². The minimum absolute atomic E-state index is 0.283. The van der Waals surface area contributed by atoms with E-state index in [1.807, 2.05) is 0 Å². The predicted octanol–water partition coefficient (Wildman–Crippen LogP) is 5.85. The van der Waals surface area contributed by atoms with Crippen LogP contribution in [0.4, 0.5) is 0 Å². The maximum atomic E-state index is 10.7. The minimum atomic E-state index is -0.688. The molecule has 3 atom stereocenters. The number of fused-ring (bicyclic) bond motifs is 1. The fourth-order valence-corrected chi connectivity index (χ4v) is 5.28. The molecule has 33 heavy (non-hydrogen) atoms. The molecule has 1 aliphatic rings. The van der Waals surface area contributed by atoms with Crippen molar-refractivity contribution < 1.29 is 9.90 Å². The van der Waals surface area contributed by atoms with E-state index in [0.29, 0.717) is 11.8 Å². The SMILES string of the molecule is C[C@@H](NC[C@@H]1CN(CCCCCC(=O)O)C[C@@H]1c1ccccc1)c1cccc2ccccc12. The molecule has 0 saturated carbocycles. The van der Waals surface area contributed by atoms with E-state index >= 15 is 0 Å². The van der Waals surface area contributed by atoms with Gasteiger partial charge in [0.2, 0.25) is 0 Å². The monoisotopic (exact) mass is 444 g/mol. The van der Waals surface area contributed by atoms with Crippen LogP contribution in [0.25, 0.3) is 10.8 Å². The number of rotatable bonds is 11. The van der Waals surface area contributed by atoms with Crippen LogP contribution in [0.15, 0.2) is 72.8 Å². The van der Waals surface area contributed by atoms with Gasteiger partial charge in [-0.1, -0.05) is 79.2 Å². The van der Waals surface area contributed by atoms with Gasteiger partial charge in [-0.05, 0) is 54.1 Å². The average Bonchev–Trinajstić information content (AvgIpc) is 3.25. The Bertz CT molecular complexity index is 1030. The van der Waals surface area contributed by atoms with E-state index in [9.17, 15) is 4.79 Å². The minimum Gasteiger partial charge on any atom is -0.481 e. The third-order valence-corrected chi connectivity index (χ3v) is 7.09. The molecule has 0 aromatic heterocycles. The molecule has 1 aliphatic heterocycles. The molecule has 4 heteroatoms. The molecule has 4 nitrogen and oxygen atoms in total. The second-order valence-corrected chi connectivity index (χ2v) is 9.44. The number of hydrogen-bond donors (Lipinski definition) is 2. The second kappa shape index (κ2) is 11.4. The zero-order chi connectivity index (χ0) is 23.0. The van der Waals surface area contributed by atoms with E-state index in [-0.39, 0.29) is 12.5 Å².